The molecule has 0 radical (unpaired) electrons. The van der Waals surface area contributed by atoms with Gasteiger partial charge in [-0.05, 0) is 26.8 Å². The maximum Gasteiger partial charge on any atom is 0.342 e. The number of esters is 2. The predicted octanol–water partition coefficient (Wildman–Crippen LogP) is 2.76. The first kappa shape index (κ1) is 21.6. The van der Waals surface area contributed by atoms with E-state index < -0.39 is 29.3 Å². The molecule has 0 aliphatic rings. The van der Waals surface area contributed by atoms with Gasteiger partial charge < -0.3 is 19.2 Å². The van der Waals surface area contributed by atoms with E-state index in [2.05, 4.69) is 4.98 Å². The molecule has 0 spiro atoms. The molecule has 10 nitrogen and oxygen atoms in total. The number of aryl methyl sites for hydroxylation is 2. The Balaban J connectivity index is 2.24. The van der Waals surface area contributed by atoms with Crippen molar-refractivity contribution in [2.45, 2.75) is 20.8 Å². The van der Waals surface area contributed by atoms with Crippen molar-refractivity contribution in [2.24, 2.45) is 0 Å². The molecule has 0 bridgehead atoms. The van der Waals surface area contributed by atoms with E-state index in [-0.39, 0.29) is 34.7 Å². The van der Waals surface area contributed by atoms with Gasteiger partial charge in [0.25, 0.3) is 5.69 Å². The third-order valence-electron chi connectivity index (χ3n) is 4.08. The molecule has 0 aliphatic heterocycles. The lowest BCUT2D eigenvalue weighted by molar-refractivity contribution is -0.384. The summed E-state index contributed by atoms with van der Waals surface area (Å²) >= 11 is 0. The van der Waals surface area contributed by atoms with Gasteiger partial charge in [-0.15, -0.1) is 0 Å². The molecule has 1 aromatic carbocycles. The third kappa shape index (κ3) is 4.60. The van der Waals surface area contributed by atoms with Gasteiger partial charge in [-0.2, -0.15) is 0 Å². The van der Waals surface area contributed by atoms with Crippen LogP contribution in [0.25, 0.3) is 0 Å². The molecule has 0 aliphatic carbocycles. The predicted molar refractivity (Wildman–Crippen MR) is 100 cm³/mol. The van der Waals surface area contributed by atoms with Crippen molar-refractivity contribution in [3.8, 4) is 5.75 Å². The molecule has 29 heavy (non-hydrogen) atoms. The third-order valence-corrected chi connectivity index (χ3v) is 4.08. The minimum atomic E-state index is -0.971. The smallest absolute Gasteiger partial charge is 0.342 e. The van der Waals surface area contributed by atoms with Gasteiger partial charge in [0.05, 0.1) is 29.8 Å². The van der Waals surface area contributed by atoms with Crippen molar-refractivity contribution in [2.75, 3.05) is 20.3 Å². The number of nitro groups is 1. The van der Waals surface area contributed by atoms with Crippen molar-refractivity contribution >= 4 is 23.4 Å². The zero-order valence-electron chi connectivity index (χ0n) is 16.4. The summed E-state index contributed by atoms with van der Waals surface area (Å²) in [6.45, 7) is 4.33. The number of aromatic nitrogens is 1. The Bertz CT molecular complexity index is 977. The first-order valence-corrected chi connectivity index (χ1v) is 8.60. The second-order valence-corrected chi connectivity index (χ2v) is 5.99. The second kappa shape index (κ2) is 9.00. The molecule has 1 N–H and O–H groups in total. The highest BCUT2D eigenvalue weighted by atomic mass is 16.6. The molecule has 10 heteroatoms. The molecule has 0 saturated carbocycles. The van der Waals surface area contributed by atoms with Gasteiger partial charge in [-0.25, -0.2) is 9.59 Å². The number of aromatic amines is 1. The largest absolute Gasteiger partial charge is 0.496 e. The Hall–Kier alpha value is -3.69. The van der Waals surface area contributed by atoms with E-state index in [4.69, 9.17) is 14.2 Å². The Kier molecular flexibility index (Phi) is 6.71. The van der Waals surface area contributed by atoms with Crippen LogP contribution in [0.15, 0.2) is 18.2 Å². The molecule has 2 aromatic rings. The maximum atomic E-state index is 12.6. The minimum absolute atomic E-state index is 0.0638. The highest BCUT2D eigenvalue weighted by molar-refractivity contribution is 6.09. The summed E-state index contributed by atoms with van der Waals surface area (Å²) in [4.78, 5) is 50.3. The van der Waals surface area contributed by atoms with Gasteiger partial charge >= 0.3 is 11.9 Å². The highest BCUT2D eigenvalue weighted by Crippen LogP contribution is 2.25. The zero-order chi connectivity index (χ0) is 21.7. The molecular formula is C19H20N2O8. The summed E-state index contributed by atoms with van der Waals surface area (Å²) in [5, 5.41) is 10.9. The van der Waals surface area contributed by atoms with Crippen molar-refractivity contribution in [1.29, 1.82) is 0 Å². The van der Waals surface area contributed by atoms with Crippen LogP contribution in [0, 0.1) is 24.0 Å². The monoisotopic (exact) mass is 404 g/mol. The summed E-state index contributed by atoms with van der Waals surface area (Å²) in [6.07, 6.45) is 0. The molecule has 0 amide bonds. The summed E-state index contributed by atoms with van der Waals surface area (Å²) in [5.74, 6) is -2.19. The molecule has 0 fully saturated rings. The van der Waals surface area contributed by atoms with E-state index in [1.165, 1.54) is 19.2 Å². The summed E-state index contributed by atoms with van der Waals surface area (Å²) in [6, 6.07) is 3.44. The van der Waals surface area contributed by atoms with Gasteiger partial charge in [-0.1, -0.05) is 0 Å². The van der Waals surface area contributed by atoms with Crippen LogP contribution in [-0.2, 0) is 9.47 Å². The fourth-order valence-electron chi connectivity index (χ4n) is 2.84. The molecule has 1 aromatic heterocycles. The number of carbonyl (C=O) groups is 3. The van der Waals surface area contributed by atoms with Crippen molar-refractivity contribution in [3.05, 3.63) is 56.4 Å². The first-order chi connectivity index (χ1) is 13.7. The lowest BCUT2D eigenvalue weighted by Crippen LogP contribution is -2.18. The van der Waals surface area contributed by atoms with Gasteiger partial charge in [0, 0.05) is 23.5 Å². The number of methoxy groups -OCH3 is 1. The van der Waals surface area contributed by atoms with E-state index in [9.17, 15) is 24.5 Å². The molecule has 0 saturated heterocycles. The van der Waals surface area contributed by atoms with E-state index in [1.54, 1.807) is 20.8 Å². The second-order valence-electron chi connectivity index (χ2n) is 5.99. The molecule has 2 rings (SSSR count). The van der Waals surface area contributed by atoms with Crippen molar-refractivity contribution < 1.29 is 33.5 Å². The number of nitrogens with zero attached hydrogens (tertiary/aromatic N) is 1. The maximum absolute atomic E-state index is 12.6. The van der Waals surface area contributed by atoms with Crippen LogP contribution < -0.4 is 4.74 Å². The summed E-state index contributed by atoms with van der Waals surface area (Å²) in [5.41, 5.74) is 0.515. The lowest BCUT2D eigenvalue weighted by atomic mass is 10.1. The average Bonchev–Trinajstić information content (AvgIpc) is 2.99. The topological polar surface area (TPSA) is 138 Å². The fourth-order valence-corrected chi connectivity index (χ4v) is 2.84. The molecule has 0 unspecified atom stereocenters. The number of benzene rings is 1. The van der Waals surface area contributed by atoms with Crippen LogP contribution in [0.5, 0.6) is 5.75 Å². The number of ketones is 1. The van der Waals surface area contributed by atoms with E-state index in [1.807, 2.05) is 0 Å². The SMILES string of the molecule is CCOC(=O)c1c(C)[nH]c(C)c1C(=O)COC(=O)c1cc([N+](=O)[O-])ccc1OC. The van der Waals surface area contributed by atoms with Gasteiger partial charge in [0.15, 0.2) is 6.61 Å². The van der Waals surface area contributed by atoms with Crippen molar-refractivity contribution in [1.82, 2.24) is 4.98 Å². The number of hydrogen-bond donors (Lipinski definition) is 1. The Morgan fingerprint density at radius 3 is 2.31 bits per heavy atom. The number of rotatable bonds is 8. The van der Waals surface area contributed by atoms with E-state index in [0.717, 1.165) is 6.07 Å². The normalized spacial score (nSPS) is 10.3. The standard InChI is InChI=1S/C19H20N2O8/c1-5-28-19(24)17-11(3)20-10(2)16(17)14(22)9-29-18(23)13-8-12(21(25)26)6-7-15(13)27-4/h6-8,20H,5,9H2,1-4H3. The Morgan fingerprint density at radius 1 is 1.07 bits per heavy atom. The van der Waals surface area contributed by atoms with Gasteiger partial charge in [0.1, 0.15) is 11.3 Å². The summed E-state index contributed by atoms with van der Waals surface area (Å²) in [7, 11) is 1.29. The first-order valence-electron chi connectivity index (χ1n) is 8.60. The number of carbonyl (C=O) groups excluding carboxylic acids is 3. The van der Waals surface area contributed by atoms with Crippen LogP contribution in [0.1, 0.15) is 49.4 Å². The van der Waals surface area contributed by atoms with E-state index >= 15 is 0 Å². The molecular weight excluding hydrogens is 384 g/mol. The zero-order valence-corrected chi connectivity index (χ0v) is 16.4. The average molecular weight is 404 g/mol. The molecule has 154 valence electrons. The number of nitro benzene ring substituents is 1. The molecule has 1 heterocycles. The highest BCUT2D eigenvalue weighted by Gasteiger charge is 2.27. The number of H-pyrrole nitrogens is 1. The minimum Gasteiger partial charge on any atom is -0.496 e. The van der Waals surface area contributed by atoms with Crippen LogP contribution in [0.3, 0.4) is 0 Å². The lowest BCUT2D eigenvalue weighted by Gasteiger charge is -2.09. The van der Waals surface area contributed by atoms with Crippen LogP contribution >= 0.6 is 0 Å². The Morgan fingerprint density at radius 2 is 1.72 bits per heavy atom. The number of Topliss-reactive ketones (excluding diaryl/α,β-unsaturated/α-hetero) is 1. The van der Waals surface area contributed by atoms with Crippen molar-refractivity contribution in [3.63, 3.8) is 0 Å². The van der Waals surface area contributed by atoms with Gasteiger partial charge in [-0.3, -0.25) is 14.9 Å². The van der Waals surface area contributed by atoms with Gasteiger partial charge in [0.2, 0.25) is 5.78 Å². The van der Waals surface area contributed by atoms with Crippen LogP contribution in [0.4, 0.5) is 5.69 Å². The number of hydrogen-bond acceptors (Lipinski definition) is 8. The number of ether oxygens (including phenoxy) is 3. The van der Waals surface area contributed by atoms with Crippen LogP contribution in [0.2, 0.25) is 0 Å². The number of non-ortho nitro benzene ring substituents is 1. The van der Waals surface area contributed by atoms with E-state index in [0.29, 0.717) is 11.4 Å². The summed E-state index contributed by atoms with van der Waals surface area (Å²) < 4.78 is 15.0. The molecule has 0 atom stereocenters. The fraction of sp³-hybridized carbons (Fsp3) is 0.316. The quantitative estimate of drug-likeness (QED) is 0.307. The number of nitrogens with one attached hydrogen (secondary N) is 1. The van der Waals surface area contributed by atoms with Crippen LogP contribution in [-0.4, -0.2) is 48.0 Å². The Labute approximate surface area is 165 Å².